The third-order valence-electron chi connectivity index (χ3n) is 2.92. The maximum Gasteiger partial charge on any atom is 0.135 e. The lowest BCUT2D eigenvalue weighted by atomic mass is 10.1. The van der Waals surface area contributed by atoms with E-state index in [4.69, 9.17) is 4.52 Å². The molecule has 19 heavy (non-hydrogen) atoms. The van der Waals surface area contributed by atoms with Crippen molar-refractivity contribution in [1.29, 1.82) is 0 Å². The van der Waals surface area contributed by atoms with Crippen LogP contribution in [-0.4, -0.2) is 22.2 Å². The zero-order valence-electron chi connectivity index (χ0n) is 12.0. The van der Waals surface area contributed by atoms with Crippen LogP contribution in [0.3, 0.4) is 0 Å². The summed E-state index contributed by atoms with van der Waals surface area (Å²) in [4.78, 5) is 10.9. The van der Waals surface area contributed by atoms with Gasteiger partial charge in [0.15, 0.2) is 0 Å². The van der Waals surface area contributed by atoms with Crippen molar-refractivity contribution in [3.8, 4) is 0 Å². The van der Waals surface area contributed by atoms with E-state index in [1.165, 1.54) is 5.56 Å². The lowest BCUT2D eigenvalue weighted by molar-refractivity contribution is 0.390. The second-order valence-electron chi connectivity index (χ2n) is 4.80. The maximum absolute atomic E-state index is 5.09. The van der Waals surface area contributed by atoms with Gasteiger partial charge in [0, 0.05) is 24.9 Å². The molecule has 0 amide bonds. The molecule has 102 valence electrons. The van der Waals surface area contributed by atoms with Crippen molar-refractivity contribution in [3.05, 3.63) is 35.1 Å². The second-order valence-corrected chi connectivity index (χ2v) is 4.80. The van der Waals surface area contributed by atoms with Crippen LogP contribution in [0.15, 0.2) is 16.8 Å². The molecule has 2 heterocycles. The number of hydrogen-bond acceptors (Lipinski definition) is 5. The van der Waals surface area contributed by atoms with Crippen molar-refractivity contribution in [3.63, 3.8) is 0 Å². The van der Waals surface area contributed by atoms with E-state index in [1.807, 2.05) is 33.2 Å². The molecule has 0 spiro atoms. The number of anilines is 1. The predicted molar refractivity (Wildman–Crippen MR) is 74.1 cm³/mol. The fourth-order valence-electron chi connectivity index (χ4n) is 2.07. The average molecular weight is 260 g/mol. The van der Waals surface area contributed by atoms with E-state index in [2.05, 4.69) is 26.9 Å². The first-order chi connectivity index (χ1) is 9.10. The molecule has 0 aromatic carbocycles. The van der Waals surface area contributed by atoms with Gasteiger partial charge in [0.05, 0.1) is 6.54 Å². The van der Waals surface area contributed by atoms with Gasteiger partial charge in [0.25, 0.3) is 0 Å². The molecule has 0 radical (unpaired) electrons. The van der Waals surface area contributed by atoms with Gasteiger partial charge >= 0.3 is 0 Å². The van der Waals surface area contributed by atoms with E-state index in [9.17, 15) is 0 Å². The molecule has 0 unspecified atom stereocenters. The predicted octanol–water partition coefficient (Wildman–Crippen LogP) is 2.67. The Balaban J connectivity index is 2.21. The van der Waals surface area contributed by atoms with E-state index in [0.717, 1.165) is 35.9 Å². The summed E-state index contributed by atoms with van der Waals surface area (Å²) in [5, 5.41) is 4.02. The maximum atomic E-state index is 5.09. The largest absolute Gasteiger partial charge is 0.361 e. The highest BCUT2D eigenvalue weighted by Crippen LogP contribution is 2.19. The molecule has 0 aliphatic carbocycles. The summed E-state index contributed by atoms with van der Waals surface area (Å²) >= 11 is 0. The molecular weight excluding hydrogens is 240 g/mol. The molecule has 0 aliphatic rings. The van der Waals surface area contributed by atoms with Gasteiger partial charge in [0.2, 0.25) is 0 Å². The second kappa shape index (κ2) is 5.82. The summed E-state index contributed by atoms with van der Waals surface area (Å²) in [5.41, 5.74) is 2.09. The summed E-state index contributed by atoms with van der Waals surface area (Å²) in [7, 11) is 2.02. The first kappa shape index (κ1) is 13.5. The minimum Gasteiger partial charge on any atom is -0.361 e. The molecule has 2 rings (SSSR count). The lowest BCUT2D eigenvalue weighted by Crippen LogP contribution is -2.20. The molecule has 0 atom stereocenters. The zero-order chi connectivity index (χ0) is 13.8. The zero-order valence-corrected chi connectivity index (χ0v) is 12.0. The SMILES string of the molecule is CCCc1cnc(C)nc1N(C)Cc1cc(C)on1. The third-order valence-corrected chi connectivity index (χ3v) is 2.92. The van der Waals surface area contributed by atoms with Gasteiger partial charge in [-0.05, 0) is 20.3 Å². The van der Waals surface area contributed by atoms with Gasteiger partial charge in [-0.25, -0.2) is 9.97 Å². The standard InChI is InChI=1S/C14H20N4O/c1-5-6-12-8-15-11(3)16-14(12)18(4)9-13-7-10(2)19-17-13/h7-8H,5-6,9H2,1-4H3. The molecule has 0 bridgehead atoms. The van der Waals surface area contributed by atoms with E-state index >= 15 is 0 Å². The van der Waals surface area contributed by atoms with Crippen LogP contribution in [0.5, 0.6) is 0 Å². The normalized spacial score (nSPS) is 10.7. The smallest absolute Gasteiger partial charge is 0.135 e. The lowest BCUT2D eigenvalue weighted by Gasteiger charge is -2.20. The molecule has 0 saturated heterocycles. The molecule has 2 aromatic rings. The molecule has 0 aliphatic heterocycles. The van der Waals surface area contributed by atoms with Crippen LogP contribution in [-0.2, 0) is 13.0 Å². The van der Waals surface area contributed by atoms with Gasteiger partial charge in [-0.15, -0.1) is 0 Å². The van der Waals surface area contributed by atoms with Crippen molar-refractivity contribution < 1.29 is 4.52 Å². The minimum atomic E-state index is 0.685. The summed E-state index contributed by atoms with van der Waals surface area (Å²) < 4.78 is 5.09. The Kier molecular flexibility index (Phi) is 4.14. The molecule has 5 heteroatoms. The Hall–Kier alpha value is -1.91. The first-order valence-electron chi connectivity index (χ1n) is 6.56. The Morgan fingerprint density at radius 1 is 1.32 bits per heavy atom. The molecule has 5 nitrogen and oxygen atoms in total. The Morgan fingerprint density at radius 2 is 2.11 bits per heavy atom. The van der Waals surface area contributed by atoms with E-state index in [-0.39, 0.29) is 0 Å². The number of hydrogen-bond donors (Lipinski definition) is 0. The number of nitrogens with zero attached hydrogens (tertiary/aromatic N) is 4. The molecule has 0 N–H and O–H groups in total. The van der Waals surface area contributed by atoms with Gasteiger partial charge < -0.3 is 9.42 Å². The van der Waals surface area contributed by atoms with Crippen LogP contribution in [0, 0.1) is 13.8 Å². The molecular formula is C14H20N4O. The van der Waals surface area contributed by atoms with Crippen LogP contribution < -0.4 is 4.90 Å². The number of rotatable bonds is 5. The topological polar surface area (TPSA) is 55.1 Å². The summed E-state index contributed by atoms with van der Waals surface area (Å²) in [6, 6.07) is 1.95. The Labute approximate surface area is 113 Å². The van der Waals surface area contributed by atoms with E-state index in [0.29, 0.717) is 6.54 Å². The number of aryl methyl sites for hydroxylation is 3. The monoisotopic (exact) mass is 260 g/mol. The van der Waals surface area contributed by atoms with Crippen molar-refractivity contribution in [2.45, 2.75) is 40.2 Å². The van der Waals surface area contributed by atoms with Gasteiger partial charge in [-0.1, -0.05) is 18.5 Å². The van der Waals surface area contributed by atoms with Crippen LogP contribution in [0.25, 0.3) is 0 Å². The van der Waals surface area contributed by atoms with E-state index < -0.39 is 0 Å². The van der Waals surface area contributed by atoms with Crippen LogP contribution in [0.2, 0.25) is 0 Å². The highest BCUT2D eigenvalue weighted by Gasteiger charge is 2.12. The quantitative estimate of drug-likeness (QED) is 0.827. The van der Waals surface area contributed by atoms with Crippen LogP contribution in [0.1, 0.15) is 36.2 Å². The fourth-order valence-corrected chi connectivity index (χ4v) is 2.07. The molecule has 2 aromatic heterocycles. The summed E-state index contributed by atoms with van der Waals surface area (Å²) in [6.07, 6.45) is 3.99. The third kappa shape index (κ3) is 3.30. The van der Waals surface area contributed by atoms with Crippen molar-refractivity contribution in [1.82, 2.24) is 15.1 Å². The summed E-state index contributed by atoms with van der Waals surface area (Å²) in [5.74, 6) is 2.60. The van der Waals surface area contributed by atoms with Crippen molar-refractivity contribution >= 4 is 5.82 Å². The Morgan fingerprint density at radius 3 is 2.74 bits per heavy atom. The molecule has 0 saturated carbocycles. The molecule has 0 fully saturated rings. The van der Waals surface area contributed by atoms with E-state index in [1.54, 1.807) is 0 Å². The van der Waals surface area contributed by atoms with Crippen molar-refractivity contribution in [2.75, 3.05) is 11.9 Å². The van der Waals surface area contributed by atoms with Gasteiger partial charge in [-0.3, -0.25) is 0 Å². The highest BCUT2D eigenvalue weighted by atomic mass is 16.5. The van der Waals surface area contributed by atoms with Crippen molar-refractivity contribution in [2.24, 2.45) is 0 Å². The summed E-state index contributed by atoms with van der Waals surface area (Å²) in [6.45, 7) is 6.65. The van der Waals surface area contributed by atoms with Gasteiger partial charge in [0.1, 0.15) is 23.1 Å². The first-order valence-corrected chi connectivity index (χ1v) is 6.56. The highest BCUT2D eigenvalue weighted by molar-refractivity contribution is 5.45. The Bertz CT molecular complexity index is 550. The van der Waals surface area contributed by atoms with Crippen LogP contribution >= 0.6 is 0 Å². The minimum absolute atomic E-state index is 0.685. The average Bonchev–Trinajstić information content (AvgIpc) is 2.77. The number of aromatic nitrogens is 3. The van der Waals surface area contributed by atoms with Crippen LogP contribution in [0.4, 0.5) is 5.82 Å². The van der Waals surface area contributed by atoms with Gasteiger partial charge in [-0.2, -0.15) is 0 Å². The fraction of sp³-hybridized carbons (Fsp3) is 0.500.